The molecule has 0 bridgehead atoms. The Hall–Kier alpha value is -1.76. The maximum absolute atomic E-state index is 12.6. The molecule has 1 amide bonds. The van der Waals surface area contributed by atoms with Crippen LogP contribution >= 0.6 is 15.9 Å². The molecule has 1 aromatic rings. The highest BCUT2D eigenvalue weighted by molar-refractivity contribution is 9.10. The van der Waals surface area contributed by atoms with Crippen LogP contribution in [-0.2, 0) is 4.79 Å². The topological polar surface area (TPSA) is 76.1 Å². The molecule has 0 spiro atoms. The van der Waals surface area contributed by atoms with Gasteiger partial charge in [-0.1, -0.05) is 0 Å². The van der Waals surface area contributed by atoms with E-state index in [1.807, 2.05) is 0 Å². The molecule has 2 aliphatic heterocycles. The second kappa shape index (κ2) is 6.16. The Morgan fingerprint density at radius 2 is 2.05 bits per heavy atom. The monoisotopic (exact) mass is 369 g/mol. The van der Waals surface area contributed by atoms with Gasteiger partial charge in [-0.25, -0.2) is 0 Å². The molecule has 0 aliphatic carbocycles. The lowest BCUT2D eigenvalue weighted by Gasteiger charge is -2.31. The maximum atomic E-state index is 12.6. The second-order valence-electron chi connectivity index (χ2n) is 5.41. The molecule has 2 aliphatic rings. The number of halogens is 1. The molecule has 2 heterocycles. The van der Waals surface area contributed by atoms with E-state index in [4.69, 9.17) is 14.6 Å². The van der Waals surface area contributed by atoms with Gasteiger partial charge in [0.1, 0.15) is 13.2 Å². The number of hydrogen-bond acceptors (Lipinski definition) is 4. The number of carboxylic acids is 1. The van der Waals surface area contributed by atoms with Gasteiger partial charge in [-0.15, -0.1) is 0 Å². The van der Waals surface area contributed by atoms with Crippen LogP contribution in [0.4, 0.5) is 0 Å². The number of rotatable bonds is 2. The lowest BCUT2D eigenvalue weighted by molar-refractivity contribution is -0.143. The Morgan fingerprint density at radius 1 is 1.27 bits per heavy atom. The minimum atomic E-state index is -0.846. The highest BCUT2D eigenvalue weighted by Gasteiger charge is 2.29. The molecule has 3 rings (SSSR count). The zero-order valence-electron chi connectivity index (χ0n) is 11.9. The average molecular weight is 370 g/mol. The van der Waals surface area contributed by atoms with Crippen molar-refractivity contribution in [2.45, 2.75) is 12.8 Å². The summed E-state index contributed by atoms with van der Waals surface area (Å²) >= 11 is 3.39. The van der Waals surface area contributed by atoms with Gasteiger partial charge in [-0.3, -0.25) is 9.59 Å². The van der Waals surface area contributed by atoms with E-state index >= 15 is 0 Å². The molecular formula is C15H16BrNO5. The van der Waals surface area contributed by atoms with Gasteiger partial charge in [-0.05, 0) is 40.9 Å². The van der Waals surface area contributed by atoms with Gasteiger partial charge >= 0.3 is 5.97 Å². The van der Waals surface area contributed by atoms with Crippen molar-refractivity contribution in [1.82, 2.24) is 4.90 Å². The van der Waals surface area contributed by atoms with Crippen LogP contribution in [-0.4, -0.2) is 48.2 Å². The number of piperidine rings is 1. The summed E-state index contributed by atoms with van der Waals surface area (Å²) in [7, 11) is 0. The molecule has 6 nitrogen and oxygen atoms in total. The largest absolute Gasteiger partial charge is 0.486 e. The van der Waals surface area contributed by atoms with Crippen LogP contribution in [0.3, 0.4) is 0 Å². The van der Waals surface area contributed by atoms with Crippen molar-refractivity contribution >= 4 is 27.8 Å². The lowest BCUT2D eigenvalue weighted by atomic mass is 9.97. The van der Waals surface area contributed by atoms with E-state index in [-0.39, 0.29) is 12.5 Å². The fraction of sp³-hybridized carbons (Fsp3) is 0.467. The van der Waals surface area contributed by atoms with Crippen LogP contribution in [0.2, 0.25) is 0 Å². The molecule has 0 aromatic heterocycles. The third-order valence-electron chi connectivity index (χ3n) is 3.90. The minimum Gasteiger partial charge on any atom is -0.486 e. The first kappa shape index (κ1) is 15.1. The maximum Gasteiger partial charge on any atom is 0.308 e. The molecule has 1 N–H and O–H groups in total. The summed E-state index contributed by atoms with van der Waals surface area (Å²) in [5, 5.41) is 9.13. The van der Waals surface area contributed by atoms with Crippen LogP contribution in [0.1, 0.15) is 23.2 Å². The van der Waals surface area contributed by atoms with Gasteiger partial charge in [0.2, 0.25) is 0 Å². The average Bonchev–Trinajstić information content (AvgIpc) is 2.54. The summed E-state index contributed by atoms with van der Waals surface area (Å²) < 4.78 is 11.7. The number of ether oxygens (including phenoxy) is 2. The van der Waals surface area contributed by atoms with Gasteiger partial charge in [0.15, 0.2) is 11.5 Å². The van der Waals surface area contributed by atoms with Crippen LogP contribution in [0.5, 0.6) is 11.5 Å². The molecule has 7 heteroatoms. The highest BCUT2D eigenvalue weighted by Crippen LogP contribution is 2.39. The van der Waals surface area contributed by atoms with Gasteiger partial charge in [0.25, 0.3) is 5.91 Å². The number of carbonyl (C=O) groups is 2. The number of amides is 1. The summed E-state index contributed by atoms with van der Waals surface area (Å²) in [6.07, 6.45) is 1.32. The molecule has 0 radical (unpaired) electrons. The predicted molar refractivity (Wildman–Crippen MR) is 81.4 cm³/mol. The van der Waals surface area contributed by atoms with Crippen LogP contribution in [0.25, 0.3) is 0 Å². The van der Waals surface area contributed by atoms with Gasteiger partial charge < -0.3 is 19.5 Å². The summed E-state index contributed by atoms with van der Waals surface area (Å²) in [5.41, 5.74) is 0.474. The van der Waals surface area contributed by atoms with Crippen LogP contribution in [0, 0.1) is 5.92 Å². The summed E-state index contributed by atoms with van der Waals surface area (Å²) in [4.78, 5) is 25.3. The van der Waals surface area contributed by atoms with Crippen LogP contribution in [0.15, 0.2) is 16.6 Å². The Bertz CT molecular complexity index is 618. The number of hydrogen-bond donors (Lipinski definition) is 1. The number of aliphatic carboxylic acids is 1. The first-order valence-electron chi connectivity index (χ1n) is 7.17. The molecular weight excluding hydrogens is 354 g/mol. The zero-order valence-corrected chi connectivity index (χ0v) is 13.5. The first-order chi connectivity index (χ1) is 10.6. The predicted octanol–water partition coefficient (Wildman–Crippen LogP) is 2.16. The van der Waals surface area contributed by atoms with E-state index in [1.54, 1.807) is 17.0 Å². The molecule has 0 saturated carbocycles. The number of carbonyl (C=O) groups excluding carboxylic acids is 1. The summed E-state index contributed by atoms with van der Waals surface area (Å²) in [6, 6.07) is 3.35. The molecule has 1 fully saturated rings. The van der Waals surface area contributed by atoms with E-state index in [9.17, 15) is 9.59 Å². The lowest BCUT2D eigenvalue weighted by Crippen LogP contribution is -2.42. The molecule has 118 valence electrons. The van der Waals surface area contributed by atoms with Crippen molar-refractivity contribution in [2.75, 3.05) is 26.3 Å². The van der Waals surface area contributed by atoms with Gasteiger partial charge in [-0.2, -0.15) is 0 Å². The highest BCUT2D eigenvalue weighted by atomic mass is 79.9. The summed E-state index contributed by atoms with van der Waals surface area (Å²) in [5.74, 6) is -0.372. The number of nitrogens with zero attached hydrogens (tertiary/aromatic N) is 1. The number of fused-ring (bicyclic) bond motifs is 1. The normalized spacial score (nSPS) is 20.6. The molecule has 1 saturated heterocycles. The van der Waals surface area contributed by atoms with E-state index < -0.39 is 11.9 Å². The third kappa shape index (κ3) is 2.90. The van der Waals surface area contributed by atoms with E-state index in [0.29, 0.717) is 54.1 Å². The van der Waals surface area contributed by atoms with E-state index in [0.717, 1.165) is 0 Å². The smallest absolute Gasteiger partial charge is 0.308 e. The Balaban J connectivity index is 1.83. The number of carboxylic acid groups (broad SMARTS) is 1. The van der Waals surface area contributed by atoms with Crippen molar-refractivity contribution < 1.29 is 24.2 Å². The van der Waals surface area contributed by atoms with Crippen molar-refractivity contribution in [3.63, 3.8) is 0 Å². The minimum absolute atomic E-state index is 0.177. The molecule has 1 aromatic carbocycles. The Kier molecular flexibility index (Phi) is 4.24. The van der Waals surface area contributed by atoms with Gasteiger partial charge in [0, 0.05) is 18.7 Å². The van der Waals surface area contributed by atoms with Crippen molar-refractivity contribution in [3.05, 3.63) is 22.2 Å². The zero-order chi connectivity index (χ0) is 15.7. The Labute approximate surface area is 136 Å². The standard InChI is InChI=1S/C15H16BrNO5/c16-11-6-10(7-12-13(11)22-5-4-21-12)14(18)17-3-1-2-9(8-17)15(19)20/h6-7,9H,1-5,8H2,(H,19,20). The number of benzene rings is 1. The van der Waals surface area contributed by atoms with Crippen molar-refractivity contribution in [2.24, 2.45) is 5.92 Å². The number of likely N-dealkylation sites (tertiary alicyclic amines) is 1. The SMILES string of the molecule is O=C(O)C1CCCN(C(=O)c2cc(Br)c3c(c2)OCCO3)C1. The fourth-order valence-corrected chi connectivity index (χ4v) is 3.34. The Morgan fingerprint density at radius 3 is 2.82 bits per heavy atom. The molecule has 22 heavy (non-hydrogen) atoms. The first-order valence-corrected chi connectivity index (χ1v) is 7.97. The molecule has 1 atom stereocenters. The molecule has 1 unspecified atom stereocenters. The van der Waals surface area contributed by atoms with E-state index in [1.165, 1.54) is 0 Å². The van der Waals surface area contributed by atoms with E-state index in [2.05, 4.69) is 15.9 Å². The van der Waals surface area contributed by atoms with Gasteiger partial charge in [0.05, 0.1) is 10.4 Å². The van der Waals surface area contributed by atoms with Crippen LogP contribution < -0.4 is 9.47 Å². The van der Waals surface area contributed by atoms with Crippen molar-refractivity contribution in [1.29, 1.82) is 0 Å². The fourth-order valence-electron chi connectivity index (χ4n) is 2.78. The quantitative estimate of drug-likeness (QED) is 0.864. The second-order valence-corrected chi connectivity index (χ2v) is 6.27. The third-order valence-corrected chi connectivity index (χ3v) is 4.49. The van der Waals surface area contributed by atoms with Crippen molar-refractivity contribution in [3.8, 4) is 11.5 Å². The summed E-state index contributed by atoms with van der Waals surface area (Å²) in [6.45, 7) is 1.75.